The van der Waals surface area contributed by atoms with Crippen molar-refractivity contribution in [2.45, 2.75) is 30.7 Å². The largest absolute Gasteiger partial charge is 0.396 e. The summed E-state index contributed by atoms with van der Waals surface area (Å²) < 4.78 is 22.8. The van der Waals surface area contributed by atoms with Crippen LogP contribution in [0.1, 0.15) is 19.8 Å². The highest BCUT2D eigenvalue weighted by molar-refractivity contribution is 7.89. The number of nitrogen functional groups attached to an aromatic ring is 1. The van der Waals surface area contributed by atoms with Crippen LogP contribution in [-0.4, -0.2) is 21.5 Å². The van der Waals surface area contributed by atoms with Crippen LogP contribution in [-0.2, 0) is 10.0 Å². The van der Waals surface area contributed by atoms with Gasteiger partial charge < -0.3 is 10.6 Å². The molecule has 1 aromatic rings. The van der Waals surface area contributed by atoms with Crippen molar-refractivity contribution < 1.29 is 8.42 Å². The van der Waals surface area contributed by atoms with Gasteiger partial charge in [0.2, 0.25) is 10.0 Å². The van der Waals surface area contributed by atoms with Gasteiger partial charge in [0.25, 0.3) is 0 Å². The van der Waals surface area contributed by atoms with Crippen molar-refractivity contribution in [1.82, 2.24) is 0 Å². The number of hydrogen-bond donors (Lipinski definition) is 2. The Hall–Kier alpha value is -1.27. The SMILES string of the molecule is CC(C1CC1)N(C)c1cccc(S(N)(=O)=O)c1N. The van der Waals surface area contributed by atoms with Crippen molar-refractivity contribution in [1.29, 1.82) is 0 Å². The predicted molar refractivity (Wildman–Crippen MR) is 72.8 cm³/mol. The van der Waals surface area contributed by atoms with Crippen molar-refractivity contribution >= 4 is 21.4 Å². The van der Waals surface area contributed by atoms with E-state index in [2.05, 4.69) is 6.92 Å². The Balaban J connectivity index is 2.39. The van der Waals surface area contributed by atoms with Crippen LogP contribution in [0.25, 0.3) is 0 Å². The molecule has 0 spiro atoms. The van der Waals surface area contributed by atoms with E-state index in [4.69, 9.17) is 10.9 Å². The Bertz CT molecular complexity index is 552. The van der Waals surface area contributed by atoms with Gasteiger partial charge in [0, 0.05) is 13.1 Å². The molecule has 5 nitrogen and oxygen atoms in total. The van der Waals surface area contributed by atoms with E-state index in [0.29, 0.717) is 12.0 Å². The first-order valence-corrected chi connectivity index (χ1v) is 7.51. The summed E-state index contributed by atoms with van der Waals surface area (Å²) in [6.45, 7) is 2.13. The van der Waals surface area contributed by atoms with Crippen molar-refractivity contribution in [2.24, 2.45) is 11.1 Å². The number of primary sulfonamides is 1. The summed E-state index contributed by atoms with van der Waals surface area (Å²) in [7, 11) is -1.84. The van der Waals surface area contributed by atoms with Crippen LogP contribution in [0.5, 0.6) is 0 Å². The normalized spacial score (nSPS) is 17.5. The lowest BCUT2D eigenvalue weighted by Gasteiger charge is -2.28. The van der Waals surface area contributed by atoms with Gasteiger partial charge in [0.15, 0.2) is 0 Å². The molecule has 100 valence electrons. The van der Waals surface area contributed by atoms with Gasteiger partial charge in [-0.15, -0.1) is 0 Å². The Morgan fingerprint density at radius 3 is 2.50 bits per heavy atom. The minimum atomic E-state index is -3.77. The van der Waals surface area contributed by atoms with Crippen molar-refractivity contribution in [3.8, 4) is 0 Å². The molecule has 1 aliphatic carbocycles. The zero-order valence-corrected chi connectivity index (χ0v) is 11.4. The summed E-state index contributed by atoms with van der Waals surface area (Å²) >= 11 is 0. The summed E-state index contributed by atoms with van der Waals surface area (Å²) in [5.41, 5.74) is 6.88. The maximum Gasteiger partial charge on any atom is 0.240 e. The van der Waals surface area contributed by atoms with Crippen LogP contribution >= 0.6 is 0 Å². The number of nitrogens with two attached hydrogens (primary N) is 2. The summed E-state index contributed by atoms with van der Waals surface area (Å²) in [4.78, 5) is 2.02. The number of rotatable bonds is 4. The lowest BCUT2D eigenvalue weighted by molar-refractivity contribution is 0.597. The number of benzene rings is 1. The highest BCUT2D eigenvalue weighted by Crippen LogP contribution is 2.38. The van der Waals surface area contributed by atoms with Crippen LogP contribution in [0, 0.1) is 5.92 Å². The van der Waals surface area contributed by atoms with Gasteiger partial charge in [-0.2, -0.15) is 0 Å². The van der Waals surface area contributed by atoms with Crippen LogP contribution in [0.3, 0.4) is 0 Å². The van der Waals surface area contributed by atoms with Gasteiger partial charge in [-0.05, 0) is 37.8 Å². The average Bonchev–Trinajstić information content (AvgIpc) is 3.09. The van der Waals surface area contributed by atoms with E-state index in [0.717, 1.165) is 5.69 Å². The Labute approximate surface area is 108 Å². The minimum Gasteiger partial charge on any atom is -0.396 e. The second-order valence-electron chi connectivity index (χ2n) is 4.92. The van der Waals surface area contributed by atoms with E-state index >= 15 is 0 Å². The number of para-hydroxylation sites is 1. The van der Waals surface area contributed by atoms with E-state index in [9.17, 15) is 8.42 Å². The quantitative estimate of drug-likeness (QED) is 0.802. The molecule has 4 N–H and O–H groups in total. The lowest BCUT2D eigenvalue weighted by atomic mass is 10.1. The number of hydrogen-bond acceptors (Lipinski definition) is 4. The smallest absolute Gasteiger partial charge is 0.240 e. The zero-order chi connectivity index (χ0) is 13.5. The van der Waals surface area contributed by atoms with Crippen molar-refractivity contribution in [3.63, 3.8) is 0 Å². The highest BCUT2D eigenvalue weighted by atomic mass is 32.2. The number of anilines is 2. The van der Waals surface area contributed by atoms with Crippen LogP contribution in [0.2, 0.25) is 0 Å². The van der Waals surface area contributed by atoms with E-state index < -0.39 is 10.0 Å². The maximum absolute atomic E-state index is 11.4. The van der Waals surface area contributed by atoms with Gasteiger partial charge in [-0.3, -0.25) is 0 Å². The van der Waals surface area contributed by atoms with Gasteiger partial charge in [0.05, 0.1) is 11.4 Å². The van der Waals surface area contributed by atoms with Gasteiger partial charge in [-0.25, -0.2) is 13.6 Å². The highest BCUT2D eigenvalue weighted by Gasteiger charge is 2.31. The van der Waals surface area contributed by atoms with Crippen LogP contribution < -0.4 is 15.8 Å². The summed E-state index contributed by atoms with van der Waals surface area (Å²) in [6, 6.07) is 5.27. The van der Waals surface area contributed by atoms with Crippen LogP contribution in [0.4, 0.5) is 11.4 Å². The fraction of sp³-hybridized carbons (Fsp3) is 0.500. The van der Waals surface area contributed by atoms with Crippen molar-refractivity contribution in [3.05, 3.63) is 18.2 Å². The molecular formula is C12H19N3O2S. The Kier molecular flexibility index (Phi) is 3.25. The third kappa shape index (κ3) is 2.44. The fourth-order valence-electron chi connectivity index (χ4n) is 2.20. The van der Waals surface area contributed by atoms with E-state index in [-0.39, 0.29) is 10.6 Å². The molecule has 1 saturated carbocycles. The number of sulfonamides is 1. The first kappa shape index (κ1) is 13.2. The topological polar surface area (TPSA) is 89.4 Å². The molecule has 0 heterocycles. The van der Waals surface area contributed by atoms with E-state index in [1.807, 2.05) is 18.0 Å². The molecule has 0 aromatic heterocycles. The summed E-state index contributed by atoms with van der Waals surface area (Å²) in [5.74, 6) is 0.674. The first-order valence-electron chi connectivity index (χ1n) is 5.96. The predicted octanol–water partition coefficient (Wildman–Crippen LogP) is 1.15. The van der Waals surface area contributed by atoms with E-state index in [1.54, 1.807) is 6.07 Å². The molecule has 1 aromatic carbocycles. The molecule has 18 heavy (non-hydrogen) atoms. The third-order valence-electron chi connectivity index (χ3n) is 3.64. The molecule has 0 bridgehead atoms. The molecule has 1 unspecified atom stereocenters. The molecular weight excluding hydrogens is 250 g/mol. The minimum absolute atomic E-state index is 0.00477. The summed E-state index contributed by atoms with van der Waals surface area (Å²) in [5, 5.41) is 5.15. The molecule has 0 aliphatic heterocycles. The second-order valence-corrected chi connectivity index (χ2v) is 6.45. The molecule has 6 heteroatoms. The lowest BCUT2D eigenvalue weighted by Crippen LogP contribution is -2.31. The Morgan fingerprint density at radius 2 is 2.00 bits per heavy atom. The fourth-order valence-corrected chi connectivity index (χ4v) is 2.88. The monoisotopic (exact) mass is 269 g/mol. The Morgan fingerprint density at radius 1 is 1.39 bits per heavy atom. The van der Waals surface area contributed by atoms with Gasteiger partial charge in [-0.1, -0.05) is 6.07 Å². The van der Waals surface area contributed by atoms with Crippen molar-refractivity contribution in [2.75, 3.05) is 17.7 Å². The molecule has 1 fully saturated rings. The molecule has 0 saturated heterocycles. The summed E-state index contributed by atoms with van der Waals surface area (Å²) in [6.07, 6.45) is 2.45. The zero-order valence-electron chi connectivity index (χ0n) is 10.6. The molecule has 2 rings (SSSR count). The molecule has 1 aliphatic rings. The second kappa shape index (κ2) is 4.44. The molecule has 0 amide bonds. The average molecular weight is 269 g/mol. The standard InChI is InChI=1S/C12H19N3O2S/c1-8(9-6-7-9)15(2)10-4-3-5-11(12(10)13)18(14,16)17/h3-5,8-9H,6-7,13H2,1-2H3,(H2,14,16,17). The molecule has 0 radical (unpaired) electrons. The number of nitrogens with zero attached hydrogens (tertiary/aromatic N) is 1. The van der Waals surface area contributed by atoms with E-state index in [1.165, 1.54) is 18.9 Å². The molecule has 1 atom stereocenters. The maximum atomic E-state index is 11.4. The van der Waals surface area contributed by atoms with Gasteiger partial charge in [0.1, 0.15) is 4.90 Å². The first-order chi connectivity index (χ1) is 8.32. The third-order valence-corrected chi connectivity index (χ3v) is 4.61. The van der Waals surface area contributed by atoms with Gasteiger partial charge >= 0.3 is 0 Å². The van der Waals surface area contributed by atoms with Crippen LogP contribution in [0.15, 0.2) is 23.1 Å².